The lowest BCUT2D eigenvalue weighted by Gasteiger charge is -2.13. The maximum Gasteiger partial charge on any atom is 0.197 e. The second kappa shape index (κ2) is 5.82. The lowest BCUT2D eigenvalue weighted by molar-refractivity contribution is 0.435. The van der Waals surface area contributed by atoms with Gasteiger partial charge in [0.15, 0.2) is 11.5 Å². The molecule has 0 fully saturated rings. The second-order valence-electron chi connectivity index (χ2n) is 4.34. The van der Waals surface area contributed by atoms with Gasteiger partial charge in [0, 0.05) is 12.5 Å². The maximum absolute atomic E-state index is 5.73. The van der Waals surface area contributed by atoms with Crippen molar-refractivity contribution in [3.05, 3.63) is 30.2 Å². The Kier molecular flexibility index (Phi) is 4.15. The molecule has 0 saturated heterocycles. The molecule has 3 nitrogen and oxygen atoms in total. The van der Waals surface area contributed by atoms with Crippen LogP contribution in [0.5, 0.6) is 0 Å². The third-order valence-corrected chi connectivity index (χ3v) is 2.94. The molecule has 2 rings (SSSR count). The molecule has 2 aromatic rings. The van der Waals surface area contributed by atoms with Gasteiger partial charge < -0.3 is 9.73 Å². The van der Waals surface area contributed by atoms with Crippen LogP contribution >= 0.6 is 0 Å². The second-order valence-corrected chi connectivity index (χ2v) is 4.34. The molecule has 0 aliphatic heterocycles. The van der Waals surface area contributed by atoms with Crippen LogP contribution in [-0.2, 0) is 6.42 Å². The number of hydrogen-bond acceptors (Lipinski definition) is 3. The van der Waals surface area contributed by atoms with Crippen LogP contribution in [0.4, 0.5) is 0 Å². The van der Waals surface area contributed by atoms with Crippen LogP contribution in [0.2, 0.25) is 0 Å². The summed E-state index contributed by atoms with van der Waals surface area (Å²) in [7, 11) is 0. The molecule has 0 spiro atoms. The standard InChI is InChI=1S/C14H20N2O/c1-3-9-15-11(4-2)10-14-16-12-7-5-6-8-13(12)17-14/h5-8,11,15H,3-4,9-10H2,1-2H3. The van der Waals surface area contributed by atoms with Crippen molar-refractivity contribution in [2.24, 2.45) is 0 Å². The van der Waals surface area contributed by atoms with Crippen molar-refractivity contribution in [3.63, 3.8) is 0 Å². The van der Waals surface area contributed by atoms with Crippen molar-refractivity contribution in [2.45, 2.75) is 39.2 Å². The van der Waals surface area contributed by atoms with E-state index in [1.54, 1.807) is 0 Å². The molecule has 0 bridgehead atoms. The first-order valence-electron chi connectivity index (χ1n) is 6.41. The van der Waals surface area contributed by atoms with Gasteiger partial charge in [-0.1, -0.05) is 26.0 Å². The molecule has 3 heteroatoms. The zero-order chi connectivity index (χ0) is 12.1. The molecule has 1 atom stereocenters. The molecule has 1 aromatic carbocycles. The SMILES string of the molecule is CCCNC(CC)Cc1nc2ccccc2o1. The molecular weight excluding hydrogens is 212 g/mol. The van der Waals surface area contributed by atoms with E-state index < -0.39 is 0 Å². The molecular formula is C14H20N2O. The molecule has 0 aliphatic carbocycles. The van der Waals surface area contributed by atoms with Gasteiger partial charge in [0.2, 0.25) is 0 Å². The lowest BCUT2D eigenvalue weighted by atomic mass is 10.1. The maximum atomic E-state index is 5.73. The van der Waals surface area contributed by atoms with E-state index in [1.165, 1.54) is 0 Å². The molecule has 1 aromatic heterocycles. The van der Waals surface area contributed by atoms with Crippen molar-refractivity contribution in [1.82, 2.24) is 10.3 Å². The zero-order valence-corrected chi connectivity index (χ0v) is 10.6. The number of aromatic nitrogens is 1. The number of benzene rings is 1. The van der Waals surface area contributed by atoms with Crippen molar-refractivity contribution in [2.75, 3.05) is 6.54 Å². The van der Waals surface area contributed by atoms with Gasteiger partial charge in [0.05, 0.1) is 0 Å². The third kappa shape index (κ3) is 3.07. The van der Waals surface area contributed by atoms with E-state index >= 15 is 0 Å². The number of oxazole rings is 1. The summed E-state index contributed by atoms with van der Waals surface area (Å²) in [5.74, 6) is 0.835. The molecule has 92 valence electrons. The van der Waals surface area contributed by atoms with Crippen LogP contribution in [0.15, 0.2) is 28.7 Å². The van der Waals surface area contributed by atoms with E-state index in [0.29, 0.717) is 6.04 Å². The lowest BCUT2D eigenvalue weighted by Crippen LogP contribution is -2.31. The number of rotatable bonds is 6. The zero-order valence-electron chi connectivity index (χ0n) is 10.6. The summed E-state index contributed by atoms with van der Waals surface area (Å²) in [6.07, 6.45) is 3.12. The van der Waals surface area contributed by atoms with Crippen molar-refractivity contribution < 1.29 is 4.42 Å². The van der Waals surface area contributed by atoms with E-state index in [-0.39, 0.29) is 0 Å². The Morgan fingerprint density at radius 1 is 1.29 bits per heavy atom. The topological polar surface area (TPSA) is 38.1 Å². The summed E-state index contributed by atoms with van der Waals surface area (Å²) in [5.41, 5.74) is 1.83. The van der Waals surface area contributed by atoms with Crippen molar-refractivity contribution >= 4 is 11.1 Å². The smallest absolute Gasteiger partial charge is 0.197 e. The fourth-order valence-electron chi connectivity index (χ4n) is 1.93. The molecule has 0 aliphatic rings. The van der Waals surface area contributed by atoms with E-state index in [0.717, 1.165) is 42.8 Å². The Labute approximate surface area is 102 Å². The van der Waals surface area contributed by atoms with Crippen LogP contribution in [0.25, 0.3) is 11.1 Å². The summed E-state index contributed by atoms with van der Waals surface area (Å²) in [4.78, 5) is 4.50. The quantitative estimate of drug-likeness (QED) is 0.831. The number of nitrogens with one attached hydrogen (secondary N) is 1. The van der Waals surface area contributed by atoms with E-state index in [2.05, 4.69) is 24.1 Å². The summed E-state index contributed by atoms with van der Waals surface area (Å²) in [6, 6.07) is 8.38. The van der Waals surface area contributed by atoms with Crippen LogP contribution in [0, 0.1) is 0 Å². The predicted octanol–water partition coefficient (Wildman–Crippen LogP) is 3.15. The Morgan fingerprint density at radius 2 is 2.12 bits per heavy atom. The number of nitrogens with zero attached hydrogens (tertiary/aromatic N) is 1. The Bertz CT molecular complexity index is 431. The summed E-state index contributed by atoms with van der Waals surface area (Å²) in [5, 5.41) is 3.51. The van der Waals surface area contributed by atoms with E-state index in [4.69, 9.17) is 4.42 Å². The third-order valence-electron chi connectivity index (χ3n) is 2.94. The first-order chi connectivity index (χ1) is 8.33. The Balaban J connectivity index is 2.06. The minimum Gasteiger partial charge on any atom is -0.441 e. The highest BCUT2D eigenvalue weighted by Gasteiger charge is 2.11. The van der Waals surface area contributed by atoms with Gasteiger partial charge in [-0.15, -0.1) is 0 Å². The first-order valence-corrected chi connectivity index (χ1v) is 6.41. The van der Waals surface area contributed by atoms with Crippen LogP contribution in [0.3, 0.4) is 0 Å². The van der Waals surface area contributed by atoms with Gasteiger partial charge >= 0.3 is 0 Å². The average Bonchev–Trinajstić information content (AvgIpc) is 2.76. The molecule has 0 amide bonds. The minimum atomic E-state index is 0.461. The Morgan fingerprint density at radius 3 is 2.82 bits per heavy atom. The molecule has 1 heterocycles. The normalized spacial score (nSPS) is 13.1. The summed E-state index contributed by atoms with van der Waals surface area (Å²) in [6.45, 7) is 5.42. The number of para-hydroxylation sites is 2. The van der Waals surface area contributed by atoms with Crippen molar-refractivity contribution in [1.29, 1.82) is 0 Å². The fourth-order valence-corrected chi connectivity index (χ4v) is 1.93. The van der Waals surface area contributed by atoms with Gasteiger partial charge in [0.1, 0.15) is 5.52 Å². The number of hydrogen-bond donors (Lipinski definition) is 1. The van der Waals surface area contributed by atoms with E-state index in [1.807, 2.05) is 24.3 Å². The van der Waals surface area contributed by atoms with Gasteiger partial charge in [-0.05, 0) is 31.5 Å². The summed E-state index contributed by atoms with van der Waals surface area (Å²) < 4.78 is 5.73. The first kappa shape index (κ1) is 12.1. The monoisotopic (exact) mass is 232 g/mol. The van der Waals surface area contributed by atoms with Crippen LogP contribution < -0.4 is 5.32 Å². The highest BCUT2D eigenvalue weighted by atomic mass is 16.3. The van der Waals surface area contributed by atoms with E-state index in [9.17, 15) is 0 Å². The minimum absolute atomic E-state index is 0.461. The molecule has 1 unspecified atom stereocenters. The highest BCUT2D eigenvalue weighted by Crippen LogP contribution is 2.16. The largest absolute Gasteiger partial charge is 0.441 e. The van der Waals surface area contributed by atoms with Gasteiger partial charge in [-0.2, -0.15) is 0 Å². The number of fused-ring (bicyclic) bond motifs is 1. The Hall–Kier alpha value is -1.35. The average molecular weight is 232 g/mol. The molecule has 1 N–H and O–H groups in total. The molecule has 0 radical (unpaired) electrons. The van der Waals surface area contributed by atoms with Gasteiger partial charge in [-0.3, -0.25) is 0 Å². The fraction of sp³-hybridized carbons (Fsp3) is 0.500. The van der Waals surface area contributed by atoms with Gasteiger partial charge in [0.25, 0.3) is 0 Å². The summed E-state index contributed by atoms with van der Waals surface area (Å²) >= 11 is 0. The van der Waals surface area contributed by atoms with Crippen LogP contribution in [0.1, 0.15) is 32.6 Å². The molecule has 0 saturated carbocycles. The highest BCUT2D eigenvalue weighted by molar-refractivity contribution is 5.72. The van der Waals surface area contributed by atoms with Crippen LogP contribution in [-0.4, -0.2) is 17.6 Å². The predicted molar refractivity (Wildman–Crippen MR) is 70.1 cm³/mol. The molecule has 17 heavy (non-hydrogen) atoms. The van der Waals surface area contributed by atoms with Gasteiger partial charge in [-0.25, -0.2) is 4.98 Å². The van der Waals surface area contributed by atoms with Crippen molar-refractivity contribution in [3.8, 4) is 0 Å².